The maximum Gasteiger partial charge on any atom is 0.0617 e. The van der Waals surface area contributed by atoms with Crippen LogP contribution in [-0.2, 0) is 10.8 Å². The first-order valence-corrected chi connectivity index (χ1v) is 13.2. The summed E-state index contributed by atoms with van der Waals surface area (Å²) in [7, 11) is 0. The third-order valence-electron chi connectivity index (χ3n) is 5.26. The van der Waals surface area contributed by atoms with E-state index < -0.39 is 0 Å². The highest BCUT2D eigenvalue weighted by atomic mass is 127. The van der Waals surface area contributed by atoms with Crippen molar-refractivity contribution in [3.05, 3.63) is 83.3 Å². The normalized spacial score (nSPS) is 12.2. The van der Waals surface area contributed by atoms with Crippen molar-refractivity contribution in [2.75, 3.05) is 4.90 Å². The van der Waals surface area contributed by atoms with Gasteiger partial charge >= 0.3 is 0 Å². The van der Waals surface area contributed by atoms with E-state index >= 15 is 0 Å². The molecule has 0 heterocycles. The van der Waals surface area contributed by atoms with Gasteiger partial charge in [-0.3, -0.25) is 0 Å². The van der Waals surface area contributed by atoms with E-state index in [9.17, 15) is 0 Å². The molecule has 0 unspecified atom stereocenters. The first kappa shape index (κ1) is 25.1. The smallest absolute Gasteiger partial charge is 0.0617 e. The number of rotatable bonds is 3. The van der Waals surface area contributed by atoms with Crippen LogP contribution < -0.4 is 4.90 Å². The molecule has 0 aromatic heterocycles. The Balaban J connectivity index is 2.30. The minimum atomic E-state index is 0.0361. The van der Waals surface area contributed by atoms with Crippen LogP contribution in [0.25, 0.3) is 0 Å². The van der Waals surface area contributed by atoms with E-state index in [0.717, 1.165) is 31.0 Å². The van der Waals surface area contributed by atoms with Crippen molar-refractivity contribution < 1.29 is 0 Å². The van der Waals surface area contributed by atoms with Crippen LogP contribution in [0.5, 0.6) is 0 Å². The lowest BCUT2D eigenvalue weighted by molar-refractivity contribution is 0.589. The summed E-state index contributed by atoms with van der Waals surface area (Å²) in [6, 6.07) is 19.2. The van der Waals surface area contributed by atoms with E-state index in [1.165, 1.54) is 14.7 Å². The summed E-state index contributed by atoms with van der Waals surface area (Å²) >= 11 is 16.4. The Morgan fingerprint density at radius 3 is 1.84 bits per heavy atom. The van der Waals surface area contributed by atoms with Crippen molar-refractivity contribution in [1.82, 2.24) is 0 Å². The van der Waals surface area contributed by atoms with E-state index in [2.05, 4.69) is 143 Å². The third kappa shape index (κ3) is 5.69. The van der Waals surface area contributed by atoms with Crippen LogP contribution in [0.3, 0.4) is 0 Å². The van der Waals surface area contributed by atoms with E-state index in [-0.39, 0.29) is 10.8 Å². The molecule has 0 aliphatic rings. The van der Waals surface area contributed by atoms with Crippen molar-refractivity contribution in [3.8, 4) is 0 Å². The fourth-order valence-corrected chi connectivity index (χ4v) is 5.02. The first-order valence-electron chi connectivity index (χ1n) is 10.1. The largest absolute Gasteiger partial charge is 0.308 e. The summed E-state index contributed by atoms with van der Waals surface area (Å²) in [5.74, 6) is 0. The van der Waals surface area contributed by atoms with Crippen molar-refractivity contribution in [2.24, 2.45) is 0 Å². The van der Waals surface area contributed by atoms with Gasteiger partial charge in [-0.1, -0.05) is 59.2 Å². The lowest BCUT2D eigenvalue weighted by atomic mass is 9.86. The van der Waals surface area contributed by atoms with Gasteiger partial charge in [-0.2, -0.15) is 0 Å². The molecule has 0 spiro atoms. The van der Waals surface area contributed by atoms with E-state index in [4.69, 9.17) is 11.6 Å². The molecular formula is C26H27Br2ClIN. The maximum atomic E-state index is 6.21. The topological polar surface area (TPSA) is 3.24 Å². The van der Waals surface area contributed by atoms with E-state index in [0.29, 0.717) is 0 Å². The van der Waals surface area contributed by atoms with E-state index in [1.807, 2.05) is 12.1 Å². The zero-order valence-electron chi connectivity index (χ0n) is 18.7. The summed E-state index contributed by atoms with van der Waals surface area (Å²) in [5, 5.41) is 0.725. The second-order valence-corrected chi connectivity index (χ2v) is 13.0. The van der Waals surface area contributed by atoms with Crippen molar-refractivity contribution in [2.45, 2.75) is 52.4 Å². The van der Waals surface area contributed by atoms with Gasteiger partial charge in [0, 0.05) is 18.8 Å². The molecule has 164 valence electrons. The van der Waals surface area contributed by atoms with Crippen LogP contribution in [0.15, 0.2) is 63.5 Å². The summed E-state index contributed by atoms with van der Waals surface area (Å²) in [6.07, 6.45) is 0. The van der Waals surface area contributed by atoms with Gasteiger partial charge in [0.25, 0.3) is 0 Å². The Labute approximate surface area is 222 Å². The number of hydrogen-bond donors (Lipinski definition) is 0. The monoisotopic (exact) mass is 673 g/mol. The van der Waals surface area contributed by atoms with Gasteiger partial charge in [0.15, 0.2) is 0 Å². The molecule has 0 atom stereocenters. The molecule has 3 aromatic rings. The Morgan fingerprint density at radius 1 is 0.742 bits per heavy atom. The SMILES string of the molecule is CC(C)(C)c1ccc(N(c2ccc(Cl)cc2)c2cc(C(C)(C)C)cc(I)c2Br)c(Br)c1. The number of benzene rings is 3. The van der Waals surface area contributed by atoms with Gasteiger partial charge in [-0.25, -0.2) is 0 Å². The highest BCUT2D eigenvalue weighted by Gasteiger charge is 2.24. The lowest BCUT2D eigenvalue weighted by Crippen LogP contribution is -2.17. The van der Waals surface area contributed by atoms with Gasteiger partial charge in [0.2, 0.25) is 0 Å². The molecule has 3 rings (SSSR count). The Kier molecular flexibility index (Phi) is 7.57. The summed E-state index contributed by atoms with van der Waals surface area (Å²) in [4.78, 5) is 2.29. The minimum absolute atomic E-state index is 0.0361. The molecule has 0 aliphatic carbocycles. The molecule has 0 N–H and O–H groups in total. The van der Waals surface area contributed by atoms with Crippen LogP contribution in [0.4, 0.5) is 17.1 Å². The van der Waals surface area contributed by atoms with Crippen LogP contribution >= 0.6 is 66.1 Å². The van der Waals surface area contributed by atoms with Crippen LogP contribution in [0.2, 0.25) is 5.02 Å². The highest BCUT2D eigenvalue weighted by Crippen LogP contribution is 2.46. The molecule has 0 amide bonds. The molecule has 0 aliphatic heterocycles. The molecule has 0 radical (unpaired) electrons. The Bertz CT molecular complexity index is 1100. The second kappa shape index (κ2) is 9.36. The van der Waals surface area contributed by atoms with Gasteiger partial charge in [-0.05, 0) is 125 Å². The maximum absolute atomic E-state index is 6.21. The average Bonchev–Trinajstić information content (AvgIpc) is 2.66. The highest BCUT2D eigenvalue weighted by molar-refractivity contribution is 14.1. The van der Waals surface area contributed by atoms with Gasteiger partial charge in [0.1, 0.15) is 0 Å². The quantitative estimate of drug-likeness (QED) is 0.250. The van der Waals surface area contributed by atoms with Gasteiger partial charge < -0.3 is 4.90 Å². The van der Waals surface area contributed by atoms with Crippen molar-refractivity contribution in [3.63, 3.8) is 0 Å². The van der Waals surface area contributed by atoms with Gasteiger partial charge in [0.05, 0.1) is 15.8 Å². The molecule has 31 heavy (non-hydrogen) atoms. The average molecular weight is 676 g/mol. The first-order chi connectivity index (χ1) is 14.3. The Hall–Kier alpha value is -0.560. The summed E-state index contributed by atoms with van der Waals surface area (Å²) < 4.78 is 3.31. The van der Waals surface area contributed by atoms with Crippen LogP contribution in [-0.4, -0.2) is 0 Å². The summed E-state index contributed by atoms with van der Waals surface area (Å²) in [6.45, 7) is 13.4. The molecule has 5 heteroatoms. The second-order valence-electron chi connectivity index (χ2n) is 9.77. The van der Waals surface area contributed by atoms with Crippen LogP contribution in [0, 0.1) is 3.57 Å². The zero-order valence-corrected chi connectivity index (χ0v) is 24.7. The number of hydrogen-bond acceptors (Lipinski definition) is 1. The third-order valence-corrected chi connectivity index (χ3v) is 8.57. The fourth-order valence-electron chi connectivity index (χ4n) is 3.32. The number of halogens is 4. The molecule has 0 bridgehead atoms. The summed E-state index contributed by atoms with van der Waals surface area (Å²) in [5.41, 5.74) is 5.92. The molecular weight excluding hydrogens is 648 g/mol. The standard InChI is InChI=1S/C26H27Br2ClIN/c1-25(2,3)16-7-12-22(20(27)13-16)31(19-10-8-18(29)9-11-19)23-15-17(26(4,5)6)14-21(30)24(23)28/h7-15H,1-6H3. The van der Waals surface area contributed by atoms with Crippen LogP contribution in [0.1, 0.15) is 52.7 Å². The van der Waals surface area contributed by atoms with Crippen molar-refractivity contribution in [1.29, 1.82) is 0 Å². The lowest BCUT2D eigenvalue weighted by Gasteiger charge is -2.31. The number of nitrogens with zero attached hydrogens (tertiary/aromatic N) is 1. The Morgan fingerprint density at radius 2 is 1.32 bits per heavy atom. The molecule has 0 saturated heterocycles. The van der Waals surface area contributed by atoms with E-state index in [1.54, 1.807) is 0 Å². The molecule has 3 aromatic carbocycles. The minimum Gasteiger partial charge on any atom is -0.308 e. The predicted octanol–water partition coefficient (Wildman–Crippen LogP) is 10.5. The predicted molar refractivity (Wildman–Crippen MR) is 152 cm³/mol. The molecule has 1 nitrogen and oxygen atoms in total. The van der Waals surface area contributed by atoms with Gasteiger partial charge in [-0.15, -0.1) is 0 Å². The fraction of sp³-hybridized carbons (Fsp3) is 0.308. The molecule has 0 fully saturated rings. The zero-order chi connectivity index (χ0) is 23.1. The molecule has 0 saturated carbocycles. The number of anilines is 3. The van der Waals surface area contributed by atoms with Crippen molar-refractivity contribution >= 4 is 83.1 Å².